The van der Waals surface area contributed by atoms with Crippen LogP contribution >= 0.6 is 0 Å². The summed E-state index contributed by atoms with van der Waals surface area (Å²) >= 11 is 0. The lowest BCUT2D eigenvalue weighted by atomic mass is 9.94. The number of ether oxygens (including phenoxy) is 1. The van der Waals surface area contributed by atoms with Gasteiger partial charge in [0, 0.05) is 38.3 Å². The number of carbonyl (C=O) groups excluding carboxylic acids is 1. The number of nitrogens with zero attached hydrogens (tertiary/aromatic N) is 5. The third-order valence-electron chi connectivity index (χ3n) is 8.38. The van der Waals surface area contributed by atoms with Gasteiger partial charge in [-0.05, 0) is 79.8 Å². The van der Waals surface area contributed by atoms with E-state index in [0.717, 1.165) is 54.3 Å². The first-order valence-electron chi connectivity index (χ1n) is 14.8. The number of rotatable bonds is 9. The van der Waals surface area contributed by atoms with Crippen LogP contribution in [0, 0.1) is 23.1 Å². The van der Waals surface area contributed by atoms with Gasteiger partial charge in [-0.15, -0.1) is 0 Å². The number of halogens is 2. The number of piperidine rings is 1. The van der Waals surface area contributed by atoms with E-state index in [1.807, 2.05) is 24.3 Å². The van der Waals surface area contributed by atoms with Crippen LogP contribution in [0.25, 0.3) is 16.6 Å². The first-order chi connectivity index (χ1) is 22.2. The normalized spacial score (nSPS) is 17.6. The molecule has 11 nitrogen and oxygen atoms in total. The molecule has 0 unspecified atom stereocenters. The van der Waals surface area contributed by atoms with Crippen LogP contribution in [0.4, 0.5) is 20.2 Å². The summed E-state index contributed by atoms with van der Waals surface area (Å²) in [6.07, 6.45) is 3.62. The summed E-state index contributed by atoms with van der Waals surface area (Å²) in [5.41, 5.74) is 0.897. The van der Waals surface area contributed by atoms with Crippen molar-refractivity contribution in [1.29, 1.82) is 5.26 Å². The van der Waals surface area contributed by atoms with Gasteiger partial charge < -0.3 is 14.4 Å². The Labute approximate surface area is 263 Å². The van der Waals surface area contributed by atoms with Gasteiger partial charge in [0.25, 0.3) is 5.56 Å². The Kier molecular flexibility index (Phi) is 8.70. The Balaban J connectivity index is 1.25. The molecule has 2 aliphatic heterocycles. The fraction of sp³-hybridized carbons (Fsp3) is 0.312. The lowest BCUT2D eigenvalue weighted by Crippen LogP contribution is -2.34. The Morgan fingerprint density at radius 1 is 1.04 bits per heavy atom. The molecular weight excluding hydrogens is 618 g/mol. The van der Waals surface area contributed by atoms with E-state index in [-0.39, 0.29) is 36.3 Å². The van der Waals surface area contributed by atoms with E-state index in [2.05, 4.69) is 14.6 Å². The van der Waals surface area contributed by atoms with Gasteiger partial charge in [0.1, 0.15) is 36.2 Å². The number of hydrogen-bond acceptors (Lipinski definition) is 8. The molecule has 2 aliphatic rings. The van der Waals surface area contributed by atoms with Gasteiger partial charge >= 0.3 is 10.2 Å². The number of hydrogen-bond donors (Lipinski definition) is 1. The molecule has 0 saturated carbocycles. The summed E-state index contributed by atoms with van der Waals surface area (Å²) in [5.74, 6) is -1.04. The van der Waals surface area contributed by atoms with E-state index in [9.17, 15) is 32.0 Å². The average Bonchev–Trinajstić information content (AvgIpc) is 3.51. The fourth-order valence-electron chi connectivity index (χ4n) is 5.82. The zero-order valence-electron chi connectivity index (χ0n) is 24.6. The van der Waals surface area contributed by atoms with Crippen LogP contribution in [-0.2, 0) is 15.0 Å². The highest BCUT2D eigenvalue weighted by molar-refractivity contribution is 7.90. The Morgan fingerprint density at radius 3 is 2.46 bits per heavy atom. The quantitative estimate of drug-likeness (QED) is 0.258. The van der Waals surface area contributed by atoms with Crippen molar-refractivity contribution in [1.82, 2.24) is 13.9 Å². The molecule has 4 aromatic rings. The molecule has 0 aliphatic carbocycles. The minimum absolute atomic E-state index is 0.0210. The van der Waals surface area contributed by atoms with Crippen molar-refractivity contribution in [3.8, 4) is 23.3 Å². The van der Waals surface area contributed by atoms with Crippen molar-refractivity contribution in [2.75, 3.05) is 35.8 Å². The summed E-state index contributed by atoms with van der Waals surface area (Å²) in [5, 5.41) is 10.0. The summed E-state index contributed by atoms with van der Waals surface area (Å²) in [6, 6.07) is 15.7. The third kappa shape index (κ3) is 6.29. The minimum atomic E-state index is -4.21. The van der Waals surface area contributed by atoms with Crippen molar-refractivity contribution >= 4 is 38.8 Å². The van der Waals surface area contributed by atoms with Gasteiger partial charge in [-0.1, -0.05) is 0 Å². The molecular formula is C32H30F2N6O5S. The number of alkyl halides is 1. The predicted molar refractivity (Wildman–Crippen MR) is 168 cm³/mol. The monoisotopic (exact) mass is 648 g/mol. The van der Waals surface area contributed by atoms with Crippen LogP contribution in [0.1, 0.15) is 31.2 Å². The van der Waals surface area contributed by atoms with Gasteiger partial charge in [-0.2, -0.15) is 18.0 Å². The SMILES string of the molecule is N#Cc1c(NS(=O)(=O)N2CC[C@@H](F)C2)ccc(F)c1Oc1ccc2ncn(-c3ccc(N4CCC(CC=O)CC4)cc3)c(=O)c2c1. The lowest BCUT2D eigenvalue weighted by molar-refractivity contribution is -0.108. The number of fused-ring (bicyclic) bond motifs is 1. The zero-order valence-corrected chi connectivity index (χ0v) is 25.4. The van der Waals surface area contributed by atoms with Crippen LogP contribution in [-0.4, -0.2) is 60.9 Å². The maximum Gasteiger partial charge on any atom is 0.301 e. The summed E-state index contributed by atoms with van der Waals surface area (Å²) in [6.45, 7) is 1.34. The molecule has 1 N–H and O–H groups in total. The molecule has 46 heavy (non-hydrogen) atoms. The second-order valence-corrected chi connectivity index (χ2v) is 13.0. The molecule has 2 saturated heterocycles. The highest BCUT2D eigenvalue weighted by atomic mass is 32.2. The standard InChI is InChI=1S/C32H30F2N6O5S/c33-22-11-15-39(19-22)46(43,44)37-30-8-6-28(34)31(27(30)18-35)45-25-5-7-29-26(17-25)32(42)40(20-36-29)24-3-1-23(2-4-24)38-13-9-21(10-14-38)12-16-41/h1-8,16-17,20-22,37H,9-15,19H2/t22-/m1/s1. The van der Waals surface area contributed by atoms with E-state index in [0.29, 0.717) is 23.5 Å². The van der Waals surface area contributed by atoms with Crippen molar-refractivity contribution in [2.45, 2.75) is 31.9 Å². The van der Waals surface area contributed by atoms with Crippen LogP contribution in [0.15, 0.2) is 65.7 Å². The number of benzene rings is 3. The van der Waals surface area contributed by atoms with Crippen LogP contribution in [0.2, 0.25) is 0 Å². The fourth-order valence-corrected chi connectivity index (χ4v) is 7.10. The van der Waals surface area contributed by atoms with Crippen LogP contribution in [0.3, 0.4) is 0 Å². The van der Waals surface area contributed by atoms with E-state index >= 15 is 0 Å². The van der Waals surface area contributed by atoms with Crippen LogP contribution < -0.4 is 19.9 Å². The predicted octanol–water partition coefficient (Wildman–Crippen LogP) is 4.69. The maximum absolute atomic E-state index is 15.0. The van der Waals surface area contributed by atoms with Gasteiger partial charge in [0.2, 0.25) is 0 Å². The second kappa shape index (κ2) is 12.9. The molecule has 14 heteroatoms. The first-order valence-corrected chi connectivity index (χ1v) is 16.2. The molecule has 2 fully saturated rings. The zero-order chi connectivity index (χ0) is 32.4. The third-order valence-corrected chi connectivity index (χ3v) is 9.87. The molecule has 3 heterocycles. The topological polar surface area (TPSA) is 138 Å². The largest absolute Gasteiger partial charge is 0.453 e. The van der Waals surface area contributed by atoms with E-state index < -0.39 is 39.1 Å². The molecule has 3 aromatic carbocycles. The van der Waals surface area contributed by atoms with Crippen molar-refractivity contribution in [3.63, 3.8) is 0 Å². The van der Waals surface area contributed by atoms with Gasteiger partial charge in [-0.3, -0.25) is 14.1 Å². The summed E-state index contributed by atoms with van der Waals surface area (Å²) in [7, 11) is -4.21. The smallest absolute Gasteiger partial charge is 0.301 e. The van der Waals surface area contributed by atoms with Crippen molar-refractivity contribution < 1.29 is 26.7 Å². The van der Waals surface area contributed by atoms with E-state index in [1.54, 1.807) is 6.07 Å². The highest BCUT2D eigenvalue weighted by Crippen LogP contribution is 2.35. The Morgan fingerprint density at radius 2 is 1.78 bits per heavy atom. The second-order valence-electron chi connectivity index (χ2n) is 11.3. The molecule has 6 rings (SSSR count). The van der Waals surface area contributed by atoms with Gasteiger partial charge in [0.05, 0.1) is 22.3 Å². The molecule has 0 radical (unpaired) electrons. The van der Waals surface area contributed by atoms with Crippen LogP contribution in [0.5, 0.6) is 11.5 Å². The number of nitrogens with one attached hydrogen (secondary N) is 1. The number of nitriles is 1. The average molecular weight is 649 g/mol. The molecule has 1 atom stereocenters. The molecule has 0 amide bonds. The molecule has 1 aromatic heterocycles. The summed E-state index contributed by atoms with van der Waals surface area (Å²) in [4.78, 5) is 31.0. The van der Waals surface area contributed by atoms with Gasteiger partial charge in [0.15, 0.2) is 11.6 Å². The first kappa shape index (κ1) is 31.1. The Hall–Kier alpha value is -4.87. The van der Waals surface area contributed by atoms with Crippen molar-refractivity contribution in [3.05, 3.63) is 82.7 Å². The van der Waals surface area contributed by atoms with E-state index in [4.69, 9.17) is 4.74 Å². The minimum Gasteiger partial charge on any atom is -0.453 e. The maximum atomic E-state index is 15.0. The van der Waals surface area contributed by atoms with E-state index in [1.165, 1.54) is 29.1 Å². The number of carbonyl (C=O) groups is 1. The van der Waals surface area contributed by atoms with Gasteiger partial charge in [-0.25, -0.2) is 13.8 Å². The number of aldehydes is 1. The molecule has 238 valence electrons. The number of aromatic nitrogens is 2. The summed E-state index contributed by atoms with van der Waals surface area (Å²) < 4.78 is 64.4. The molecule has 0 bridgehead atoms. The Bertz CT molecular complexity index is 1990. The van der Waals surface area contributed by atoms with Crippen molar-refractivity contribution in [2.24, 2.45) is 5.92 Å². The molecule has 0 spiro atoms. The lowest BCUT2D eigenvalue weighted by Gasteiger charge is -2.33. The highest BCUT2D eigenvalue weighted by Gasteiger charge is 2.32. The number of anilines is 2.